The van der Waals surface area contributed by atoms with Crippen LogP contribution in [0, 0.1) is 0 Å². The third kappa shape index (κ3) is 2.68. The van der Waals surface area contributed by atoms with Crippen LogP contribution in [0.4, 0.5) is 0 Å². The average Bonchev–Trinajstić information content (AvgIpc) is 2.98. The highest BCUT2D eigenvalue weighted by Gasteiger charge is 2.20. The van der Waals surface area contributed by atoms with E-state index in [0.717, 1.165) is 18.4 Å². The Kier molecular flexibility index (Phi) is 4.32. The minimum absolute atomic E-state index is 0.101. The molecule has 0 saturated heterocycles. The van der Waals surface area contributed by atoms with E-state index in [1.807, 2.05) is 12.1 Å². The molecule has 0 saturated carbocycles. The summed E-state index contributed by atoms with van der Waals surface area (Å²) in [5.74, 6) is 1.89. The van der Waals surface area contributed by atoms with E-state index in [1.165, 1.54) is 12.0 Å². The molecule has 19 heavy (non-hydrogen) atoms. The summed E-state index contributed by atoms with van der Waals surface area (Å²) < 4.78 is 16.0. The third-order valence-electron chi connectivity index (χ3n) is 3.52. The molecule has 104 valence electrons. The molecule has 0 aliphatic heterocycles. The van der Waals surface area contributed by atoms with Gasteiger partial charge in [0.05, 0.1) is 27.4 Å². The van der Waals surface area contributed by atoms with Crippen molar-refractivity contribution in [2.24, 2.45) is 5.73 Å². The lowest BCUT2D eigenvalue weighted by Gasteiger charge is -2.18. The molecule has 1 aliphatic rings. The van der Waals surface area contributed by atoms with E-state index in [0.29, 0.717) is 17.2 Å². The molecule has 0 heterocycles. The molecule has 0 fully saturated rings. The van der Waals surface area contributed by atoms with Crippen molar-refractivity contribution in [1.29, 1.82) is 0 Å². The van der Waals surface area contributed by atoms with Crippen molar-refractivity contribution in [3.63, 3.8) is 0 Å². The number of hydrogen-bond acceptors (Lipinski definition) is 4. The van der Waals surface area contributed by atoms with Gasteiger partial charge in [0, 0.05) is 0 Å². The fraction of sp³-hybridized carbons (Fsp3) is 0.467. The highest BCUT2D eigenvalue weighted by Crippen LogP contribution is 2.41. The molecule has 1 aromatic carbocycles. The molecule has 1 unspecified atom stereocenters. The van der Waals surface area contributed by atoms with Crippen molar-refractivity contribution in [1.82, 2.24) is 0 Å². The van der Waals surface area contributed by atoms with Crippen LogP contribution >= 0.6 is 0 Å². The standard InChI is InChI=1S/C15H21NO3/c1-17-12-8-11(9-13(18-2)15(12)19-3)14(16)10-6-4-5-7-10/h6,8-9,14H,4-5,7,16H2,1-3H3. The van der Waals surface area contributed by atoms with Crippen LogP contribution in [0.15, 0.2) is 23.8 Å². The van der Waals surface area contributed by atoms with Gasteiger partial charge < -0.3 is 19.9 Å². The second-order valence-electron chi connectivity index (χ2n) is 4.61. The van der Waals surface area contributed by atoms with Gasteiger partial charge in [-0.2, -0.15) is 0 Å². The van der Waals surface area contributed by atoms with Crippen molar-refractivity contribution < 1.29 is 14.2 Å². The maximum Gasteiger partial charge on any atom is 0.203 e. The fourth-order valence-electron chi connectivity index (χ4n) is 2.47. The molecular weight excluding hydrogens is 242 g/mol. The molecule has 2 N–H and O–H groups in total. The Bertz CT molecular complexity index is 457. The molecule has 0 amide bonds. The molecule has 1 atom stereocenters. The zero-order chi connectivity index (χ0) is 13.8. The summed E-state index contributed by atoms with van der Waals surface area (Å²) in [6.45, 7) is 0. The second kappa shape index (κ2) is 5.97. The number of methoxy groups -OCH3 is 3. The van der Waals surface area contributed by atoms with Gasteiger partial charge in [0.15, 0.2) is 11.5 Å². The summed E-state index contributed by atoms with van der Waals surface area (Å²) in [5, 5.41) is 0. The van der Waals surface area contributed by atoms with Crippen molar-refractivity contribution in [2.45, 2.75) is 25.3 Å². The Balaban J connectivity index is 2.40. The van der Waals surface area contributed by atoms with Gasteiger partial charge in [-0.3, -0.25) is 0 Å². The molecule has 0 radical (unpaired) electrons. The van der Waals surface area contributed by atoms with Gasteiger partial charge in [0.25, 0.3) is 0 Å². The predicted octanol–water partition coefficient (Wildman–Crippen LogP) is 2.82. The number of nitrogens with two attached hydrogens (primary N) is 1. The van der Waals surface area contributed by atoms with E-state index in [4.69, 9.17) is 19.9 Å². The Hall–Kier alpha value is -1.68. The average molecular weight is 263 g/mol. The number of ether oxygens (including phenoxy) is 3. The first-order valence-electron chi connectivity index (χ1n) is 6.45. The van der Waals surface area contributed by atoms with E-state index < -0.39 is 0 Å². The summed E-state index contributed by atoms with van der Waals surface area (Å²) in [7, 11) is 4.82. The van der Waals surface area contributed by atoms with Crippen LogP contribution in [-0.2, 0) is 0 Å². The van der Waals surface area contributed by atoms with Crippen LogP contribution in [0.25, 0.3) is 0 Å². The molecule has 4 nitrogen and oxygen atoms in total. The maximum atomic E-state index is 6.32. The van der Waals surface area contributed by atoms with Crippen LogP contribution in [0.1, 0.15) is 30.9 Å². The van der Waals surface area contributed by atoms with Crippen LogP contribution in [0.2, 0.25) is 0 Å². The van der Waals surface area contributed by atoms with Crippen LogP contribution in [0.3, 0.4) is 0 Å². The van der Waals surface area contributed by atoms with Crippen molar-refractivity contribution >= 4 is 0 Å². The lowest BCUT2D eigenvalue weighted by Crippen LogP contribution is -2.13. The van der Waals surface area contributed by atoms with E-state index in [9.17, 15) is 0 Å². The third-order valence-corrected chi connectivity index (χ3v) is 3.52. The van der Waals surface area contributed by atoms with Gasteiger partial charge in [-0.1, -0.05) is 11.6 Å². The van der Waals surface area contributed by atoms with E-state index in [-0.39, 0.29) is 6.04 Å². The summed E-state index contributed by atoms with van der Waals surface area (Å²) in [5.41, 5.74) is 8.59. The van der Waals surface area contributed by atoms with Crippen molar-refractivity contribution in [3.05, 3.63) is 29.3 Å². The number of allylic oxidation sites excluding steroid dienone is 1. The summed E-state index contributed by atoms with van der Waals surface area (Å²) in [6.07, 6.45) is 5.60. The minimum atomic E-state index is -0.101. The summed E-state index contributed by atoms with van der Waals surface area (Å²) in [4.78, 5) is 0. The first-order chi connectivity index (χ1) is 9.21. The lowest BCUT2D eigenvalue weighted by atomic mass is 9.98. The summed E-state index contributed by atoms with van der Waals surface area (Å²) >= 11 is 0. The van der Waals surface area contributed by atoms with Gasteiger partial charge >= 0.3 is 0 Å². The highest BCUT2D eigenvalue weighted by atomic mass is 16.5. The minimum Gasteiger partial charge on any atom is -0.493 e. The molecular formula is C15H21NO3. The van der Waals surface area contributed by atoms with Gasteiger partial charge in [0.1, 0.15) is 0 Å². The van der Waals surface area contributed by atoms with Gasteiger partial charge in [-0.05, 0) is 37.0 Å². The Morgan fingerprint density at radius 2 is 1.68 bits per heavy atom. The van der Waals surface area contributed by atoms with Crippen molar-refractivity contribution in [3.8, 4) is 17.2 Å². The Labute approximate surface area is 114 Å². The normalized spacial score (nSPS) is 15.9. The number of rotatable bonds is 5. The largest absolute Gasteiger partial charge is 0.493 e. The van der Waals surface area contributed by atoms with Gasteiger partial charge in [-0.15, -0.1) is 0 Å². The zero-order valence-corrected chi connectivity index (χ0v) is 11.7. The number of benzene rings is 1. The van der Waals surface area contributed by atoms with Crippen LogP contribution in [0.5, 0.6) is 17.2 Å². The first kappa shape index (κ1) is 13.7. The smallest absolute Gasteiger partial charge is 0.203 e. The second-order valence-corrected chi connectivity index (χ2v) is 4.61. The van der Waals surface area contributed by atoms with Crippen LogP contribution in [-0.4, -0.2) is 21.3 Å². The monoisotopic (exact) mass is 263 g/mol. The van der Waals surface area contributed by atoms with E-state index in [2.05, 4.69) is 6.08 Å². The topological polar surface area (TPSA) is 53.7 Å². The lowest BCUT2D eigenvalue weighted by molar-refractivity contribution is 0.323. The maximum absolute atomic E-state index is 6.32. The molecule has 4 heteroatoms. The Morgan fingerprint density at radius 3 is 2.11 bits per heavy atom. The SMILES string of the molecule is COc1cc(C(N)C2=CCCC2)cc(OC)c1OC. The summed E-state index contributed by atoms with van der Waals surface area (Å²) in [6, 6.07) is 3.74. The molecule has 1 aliphatic carbocycles. The predicted molar refractivity (Wildman–Crippen MR) is 75.0 cm³/mol. The first-order valence-corrected chi connectivity index (χ1v) is 6.45. The van der Waals surface area contributed by atoms with E-state index >= 15 is 0 Å². The molecule has 0 aromatic heterocycles. The molecule has 0 bridgehead atoms. The van der Waals surface area contributed by atoms with Crippen molar-refractivity contribution in [2.75, 3.05) is 21.3 Å². The molecule has 1 aromatic rings. The van der Waals surface area contributed by atoms with Crippen LogP contribution < -0.4 is 19.9 Å². The fourth-order valence-corrected chi connectivity index (χ4v) is 2.47. The molecule has 2 rings (SSSR count). The number of hydrogen-bond donors (Lipinski definition) is 1. The quantitative estimate of drug-likeness (QED) is 0.830. The van der Waals surface area contributed by atoms with E-state index in [1.54, 1.807) is 21.3 Å². The van der Waals surface area contributed by atoms with Gasteiger partial charge in [-0.25, -0.2) is 0 Å². The van der Waals surface area contributed by atoms with Gasteiger partial charge in [0.2, 0.25) is 5.75 Å². The highest BCUT2D eigenvalue weighted by molar-refractivity contribution is 5.55. The molecule has 0 spiro atoms. The Morgan fingerprint density at radius 1 is 1.05 bits per heavy atom. The zero-order valence-electron chi connectivity index (χ0n) is 11.7.